The lowest BCUT2D eigenvalue weighted by molar-refractivity contribution is 1.25. The quantitative estimate of drug-likeness (QED) is 0.655. The van der Waals surface area contributed by atoms with Crippen molar-refractivity contribution in [1.82, 2.24) is 4.98 Å². The van der Waals surface area contributed by atoms with Crippen LogP contribution in [0.1, 0.15) is 23.6 Å². The molecule has 1 heteroatoms. The number of aryl methyl sites for hydroxylation is 1. The van der Waals surface area contributed by atoms with E-state index in [0.29, 0.717) is 0 Å². The second-order valence-corrected chi connectivity index (χ2v) is 3.05. The average Bonchev–Trinajstić information content (AvgIpc) is 2.20. The number of hydrogen-bond donors (Lipinski definition) is 0. The molecule has 0 spiro atoms. The summed E-state index contributed by atoms with van der Waals surface area (Å²) >= 11 is 0. The Morgan fingerprint density at radius 2 is 2.07 bits per heavy atom. The molecule has 1 heterocycles. The smallest absolute Gasteiger partial charge is 0.0346 e. The fourth-order valence-corrected chi connectivity index (χ4v) is 1.25. The Hall–Kier alpha value is -1.63. The third kappa shape index (κ3) is 2.43. The highest BCUT2D eigenvalue weighted by molar-refractivity contribution is 5.66. The normalized spacial score (nSPS) is 11.3. The number of rotatable bonds is 3. The highest BCUT2D eigenvalue weighted by Gasteiger charge is 1.98. The van der Waals surface area contributed by atoms with E-state index in [2.05, 4.69) is 24.6 Å². The molecule has 0 saturated carbocycles. The summed E-state index contributed by atoms with van der Waals surface area (Å²) < 4.78 is 0. The molecule has 0 aromatic carbocycles. The van der Waals surface area contributed by atoms with Crippen LogP contribution in [0.25, 0.3) is 12.2 Å². The van der Waals surface area contributed by atoms with Gasteiger partial charge in [-0.1, -0.05) is 37.0 Å². The molecule has 0 fully saturated rings. The van der Waals surface area contributed by atoms with Gasteiger partial charge in [0.05, 0.1) is 0 Å². The third-order valence-electron chi connectivity index (χ3n) is 2.00. The molecule has 0 aliphatic rings. The van der Waals surface area contributed by atoms with Gasteiger partial charge in [0, 0.05) is 12.4 Å². The molecular formula is C13H15N. The van der Waals surface area contributed by atoms with Crippen LogP contribution in [0.2, 0.25) is 0 Å². The number of hydrogen-bond acceptors (Lipinski definition) is 1. The molecule has 0 saturated heterocycles. The average molecular weight is 185 g/mol. The second kappa shape index (κ2) is 5.18. The largest absolute Gasteiger partial charge is 0.264 e. The third-order valence-corrected chi connectivity index (χ3v) is 2.00. The monoisotopic (exact) mass is 185 g/mol. The van der Waals surface area contributed by atoms with Gasteiger partial charge in [-0.05, 0) is 30.5 Å². The molecule has 1 aromatic heterocycles. The van der Waals surface area contributed by atoms with E-state index in [9.17, 15) is 0 Å². The van der Waals surface area contributed by atoms with Crippen LogP contribution in [0.3, 0.4) is 0 Å². The fourth-order valence-electron chi connectivity index (χ4n) is 1.25. The Labute approximate surface area is 85.5 Å². The van der Waals surface area contributed by atoms with Crippen LogP contribution in [0.5, 0.6) is 0 Å². The van der Waals surface area contributed by atoms with Crippen LogP contribution in [0, 0.1) is 6.92 Å². The minimum atomic E-state index is 1.07. The van der Waals surface area contributed by atoms with Gasteiger partial charge in [-0.25, -0.2) is 0 Å². The SMILES string of the molecule is C=Cc1cncc(C)c1/C=C\C=C/C. The summed E-state index contributed by atoms with van der Waals surface area (Å²) in [4.78, 5) is 4.12. The lowest BCUT2D eigenvalue weighted by Gasteiger charge is -2.03. The number of aromatic nitrogens is 1. The molecule has 0 aliphatic carbocycles. The molecule has 1 nitrogen and oxygen atoms in total. The van der Waals surface area contributed by atoms with Gasteiger partial charge in [0.15, 0.2) is 0 Å². The zero-order chi connectivity index (χ0) is 10.4. The zero-order valence-corrected chi connectivity index (χ0v) is 8.70. The van der Waals surface area contributed by atoms with Crippen molar-refractivity contribution in [2.45, 2.75) is 13.8 Å². The maximum absolute atomic E-state index is 4.12. The summed E-state index contributed by atoms with van der Waals surface area (Å²) in [5, 5.41) is 0. The van der Waals surface area contributed by atoms with Gasteiger partial charge in [0.2, 0.25) is 0 Å². The Balaban J connectivity index is 3.10. The van der Waals surface area contributed by atoms with Crippen molar-refractivity contribution in [3.8, 4) is 0 Å². The standard InChI is InChI=1S/C13H15N/c1-4-6-7-8-13-11(3)9-14-10-12(13)5-2/h4-10H,2H2,1,3H3/b6-4-,8-7-. The summed E-state index contributed by atoms with van der Waals surface area (Å²) in [5.74, 6) is 0. The lowest BCUT2D eigenvalue weighted by Crippen LogP contribution is -1.87. The minimum absolute atomic E-state index is 1.07. The zero-order valence-electron chi connectivity index (χ0n) is 8.70. The number of allylic oxidation sites excluding steroid dienone is 3. The predicted octanol–water partition coefficient (Wildman–Crippen LogP) is 3.62. The first-order valence-corrected chi connectivity index (χ1v) is 4.66. The molecule has 1 rings (SSSR count). The van der Waals surface area contributed by atoms with Gasteiger partial charge < -0.3 is 0 Å². The van der Waals surface area contributed by atoms with Crippen LogP contribution in [0.15, 0.2) is 37.2 Å². The number of pyridine rings is 1. The van der Waals surface area contributed by atoms with Crippen LogP contribution in [0.4, 0.5) is 0 Å². The summed E-state index contributed by atoms with van der Waals surface area (Å²) in [7, 11) is 0. The van der Waals surface area contributed by atoms with Crippen LogP contribution >= 0.6 is 0 Å². The van der Waals surface area contributed by atoms with Crippen molar-refractivity contribution in [3.63, 3.8) is 0 Å². The van der Waals surface area contributed by atoms with Crippen molar-refractivity contribution in [1.29, 1.82) is 0 Å². The first-order valence-electron chi connectivity index (χ1n) is 4.66. The van der Waals surface area contributed by atoms with Crippen molar-refractivity contribution >= 4 is 12.2 Å². The predicted molar refractivity (Wildman–Crippen MR) is 62.9 cm³/mol. The lowest BCUT2D eigenvalue weighted by atomic mass is 10.1. The van der Waals surface area contributed by atoms with E-state index >= 15 is 0 Å². The molecule has 1 aromatic rings. The molecule has 0 aliphatic heterocycles. The Bertz CT molecular complexity index is 373. The first kappa shape index (κ1) is 10.5. The van der Waals surface area contributed by atoms with Crippen molar-refractivity contribution < 1.29 is 0 Å². The molecule has 0 unspecified atom stereocenters. The molecule has 72 valence electrons. The Morgan fingerprint density at radius 1 is 1.29 bits per heavy atom. The highest BCUT2D eigenvalue weighted by Crippen LogP contribution is 2.15. The molecular weight excluding hydrogens is 170 g/mol. The molecule has 0 atom stereocenters. The van der Waals surface area contributed by atoms with Crippen LogP contribution in [-0.2, 0) is 0 Å². The number of nitrogens with zero attached hydrogens (tertiary/aromatic N) is 1. The second-order valence-electron chi connectivity index (χ2n) is 3.05. The summed E-state index contributed by atoms with van der Waals surface area (Å²) in [6, 6.07) is 0. The first-order chi connectivity index (χ1) is 6.79. The van der Waals surface area contributed by atoms with E-state index in [-0.39, 0.29) is 0 Å². The van der Waals surface area contributed by atoms with E-state index in [1.165, 1.54) is 11.1 Å². The molecule has 0 radical (unpaired) electrons. The summed E-state index contributed by atoms with van der Waals surface area (Å²) in [6.07, 6.45) is 13.6. The fraction of sp³-hybridized carbons (Fsp3) is 0.154. The van der Waals surface area contributed by atoms with E-state index in [1.807, 2.05) is 43.6 Å². The molecule has 0 N–H and O–H groups in total. The van der Waals surface area contributed by atoms with Gasteiger partial charge in [-0.2, -0.15) is 0 Å². The van der Waals surface area contributed by atoms with Gasteiger partial charge in [-0.3, -0.25) is 4.98 Å². The van der Waals surface area contributed by atoms with E-state index in [1.54, 1.807) is 0 Å². The van der Waals surface area contributed by atoms with Crippen molar-refractivity contribution in [2.24, 2.45) is 0 Å². The summed E-state index contributed by atoms with van der Waals surface area (Å²) in [6.45, 7) is 7.82. The van der Waals surface area contributed by atoms with E-state index in [0.717, 1.165) is 5.56 Å². The van der Waals surface area contributed by atoms with E-state index < -0.39 is 0 Å². The summed E-state index contributed by atoms with van der Waals surface area (Å²) in [5.41, 5.74) is 3.43. The van der Waals surface area contributed by atoms with Crippen molar-refractivity contribution in [2.75, 3.05) is 0 Å². The maximum atomic E-state index is 4.12. The Kier molecular flexibility index (Phi) is 3.86. The molecule has 0 bridgehead atoms. The van der Waals surface area contributed by atoms with Crippen LogP contribution < -0.4 is 0 Å². The van der Waals surface area contributed by atoms with Gasteiger partial charge >= 0.3 is 0 Å². The topological polar surface area (TPSA) is 12.9 Å². The molecule has 0 amide bonds. The van der Waals surface area contributed by atoms with Gasteiger partial charge in [0.1, 0.15) is 0 Å². The van der Waals surface area contributed by atoms with Crippen molar-refractivity contribution in [3.05, 3.63) is 53.9 Å². The van der Waals surface area contributed by atoms with E-state index in [4.69, 9.17) is 0 Å². The van der Waals surface area contributed by atoms with Gasteiger partial charge in [-0.15, -0.1) is 0 Å². The maximum Gasteiger partial charge on any atom is 0.0346 e. The Morgan fingerprint density at radius 3 is 2.71 bits per heavy atom. The minimum Gasteiger partial charge on any atom is -0.264 e. The van der Waals surface area contributed by atoms with Crippen LogP contribution in [-0.4, -0.2) is 4.98 Å². The molecule has 14 heavy (non-hydrogen) atoms. The van der Waals surface area contributed by atoms with Gasteiger partial charge in [0.25, 0.3) is 0 Å². The highest BCUT2D eigenvalue weighted by atomic mass is 14.6.